The maximum Gasteiger partial charge on any atom is 0.275 e. The van der Waals surface area contributed by atoms with E-state index in [1.165, 1.54) is 25.0 Å². The van der Waals surface area contributed by atoms with Gasteiger partial charge < -0.3 is 10.6 Å². The molecule has 1 amide bonds. The molecule has 5 N–H and O–H groups in total. The molecule has 1 fully saturated rings. The Labute approximate surface area is 150 Å². The van der Waals surface area contributed by atoms with Gasteiger partial charge in [-0.15, -0.1) is 0 Å². The van der Waals surface area contributed by atoms with Crippen LogP contribution in [0.25, 0.3) is 0 Å². The molecule has 0 heterocycles. The zero-order chi connectivity index (χ0) is 18.4. The predicted octanol–water partition coefficient (Wildman–Crippen LogP) is 0.381. The molecule has 1 aliphatic carbocycles. The van der Waals surface area contributed by atoms with E-state index >= 15 is 0 Å². The van der Waals surface area contributed by atoms with E-state index in [0.29, 0.717) is 24.4 Å². The Kier molecular flexibility index (Phi) is 6.98. The molecule has 7 heteroatoms. The molecular formula is C18H30N3O3S+. The number of sulfonamides is 1. The number of nitrogens with one attached hydrogen (secondary N) is 1. The van der Waals surface area contributed by atoms with Gasteiger partial charge in [0, 0.05) is 12.5 Å². The van der Waals surface area contributed by atoms with Gasteiger partial charge >= 0.3 is 0 Å². The fourth-order valence-corrected chi connectivity index (χ4v) is 3.91. The number of quaternary nitrogens is 1. The van der Waals surface area contributed by atoms with E-state index in [9.17, 15) is 13.2 Å². The number of rotatable bonds is 7. The molecule has 2 rings (SSSR count). The molecule has 0 aliphatic heterocycles. The molecule has 1 aliphatic rings. The number of nitrogens with two attached hydrogens (primary N) is 2. The lowest BCUT2D eigenvalue weighted by molar-refractivity contribution is -0.643. The second-order valence-electron chi connectivity index (χ2n) is 7.16. The van der Waals surface area contributed by atoms with E-state index in [-0.39, 0.29) is 10.8 Å². The molecule has 140 valence electrons. The Balaban J connectivity index is 1.69. The van der Waals surface area contributed by atoms with Gasteiger partial charge in [-0.3, -0.25) is 4.79 Å². The third-order valence-corrected chi connectivity index (χ3v) is 6.20. The van der Waals surface area contributed by atoms with Gasteiger partial charge in [0.1, 0.15) is 0 Å². The van der Waals surface area contributed by atoms with Crippen molar-refractivity contribution in [1.29, 1.82) is 0 Å². The second kappa shape index (κ2) is 8.78. The highest BCUT2D eigenvalue weighted by Crippen LogP contribution is 2.29. The van der Waals surface area contributed by atoms with Crippen molar-refractivity contribution in [2.24, 2.45) is 17.0 Å². The monoisotopic (exact) mass is 368 g/mol. The Bertz CT molecular complexity index is 673. The minimum Gasteiger partial charge on any atom is -0.348 e. The molecule has 0 spiro atoms. The molecule has 0 bridgehead atoms. The first-order valence-electron chi connectivity index (χ1n) is 9.00. The van der Waals surface area contributed by atoms with Gasteiger partial charge in [-0.05, 0) is 36.0 Å². The first-order valence-corrected chi connectivity index (χ1v) is 10.5. The Hall–Kier alpha value is -1.44. The normalized spacial score (nSPS) is 24.0. The summed E-state index contributed by atoms with van der Waals surface area (Å²) >= 11 is 0. The van der Waals surface area contributed by atoms with Crippen molar-refractivity contribution in [2.75, 3.05) is 13.1 Å². The largest absolute Gasteiger partial charge is 0.348 e. The molecule has 0 saturated heterocycles. The van der Waals surface area contributed by atoms with Gasteiger partial charge in [0.05, 0.1) is 11.4 Å². The highest BCUT2D eigenvalue weighted by atomic mass is 32.2. The van der Waals surface area contributed by atoms with Crippen molar-refractivity contribution in [2.45, 2.75) is 50.5 Å². The summed E-state index contributed by atoms with van der Waals surface area (Å²) in [7, 11) is -3.64. The van der Waals surface area contributed by atoms with Crippen molar-refractivity contribution in [3.63, 3.8) is 0 Å². The second-order valence-corrected chi connectivity index (χ2v) is 8.72. The molecule has 0 radical (unpaired) electrons. The quantitative estimate of drug-likeness (QED) is 0.606. The van der Waals surface area contributed by atoms with Crippen LogP contribution in [0.5, 0.6) is 0 Å². The van der Waals surface area contributed by atoms with Crippen LogP contribution in [-0.2, 0) is 21.2 Å². The summed E-state index contributed by atoms with van der Waals surface area (Å²) < 4.78 is 22.4. The third kappa shape index (κ3) is 6.09. The van der Waals surface area contributed by atoms with Gasteiger partial charge in [0.25, 0.3) is 5.91 Å². The summed E-state index contributed by atoms with van der Waals surface area (Å²) in [5.41, 5.74) is 1.03. The first kappa shape index (κ1) is 19.9. The van der Waals surface area contributed by atoms with Gasteiger partial charge in [-0.25, -0.2) is 13.6 Å². The number of amides is 1. The summed E-state index contributed by atoms with van der Waals surface area (Å²) in [5, 5.41) is 10.2. The van der Waals surface area contributed by atoms with E-state index in [2.05, 4.69) is 19.2 Å². The molecule has 1 saturated carbocycles. The lowest BCUT2D eigenvalue weighted by Gasteiger charge is -2.34. The summed E-state index contributed by atoms with van der Waals surface area (Å²) in [4.78, 5) is 12.2. The molecular weight excluding hydrogens is 338 g/mol. The minimum atomic E-state index is -3.64. The van der Waals surface area contributed by atoms with Gasteiger partial charge in [-0.2, -0.15) is 0 Å². The molecule has 0 aromatic heterocycles. The van der Waals surface area contributed by atoms with Crippen molar-refractivity contribution in [1.82, 2.24) is 5.32 Å². The van der Waals surface area contributed by atoms with E-state index in [4.69, 9.17) is 5.14 Å². The summed E-state index contributed by atoms with van der Waals surface area (Å²) in [6, 6.07) is 6.86. The van der Waals surface area contributed by atoms with Crippen LogP contribution in [0.2, 0.25) is 0 Å². The van der Waals surface area contributed by atoms with Crippen molar-refractivity contribution in [3.8, 4) is 0 Å². The van der Waals surface area contributed by atoms with E-state index in [0.717, 1.165) is 24.9 Å². The minimum absolute atomic E-state index is 0.0931. The van der Waals surface area contributed by atoms with E-state index in [1.54, 1.807) is 12.1 Å². The number of hydrogen-bond acceptors (Lipinski definition) is 3. The topological polar surface area (TPSA) is 106 Å². The molecule has 3 atom stereocenters. The maximum atomic E-state index is 12.1. The standard InChI is InChI=1S/C18H29N3O3S/c1-13-4-3-5-17(14(13)2)21-18(22)12-20-11-10-15-6-8-16(9-7-15)25(19,23)24/h6-9,13-14,17,20H,3-5,10-12H2,1-2H3,(H,21,22)(H2,19,23,24)/p+1/t13-,14-,17-/m1/s1. The molecule has 0 unspecified atom stereocenters. The number of carbonyl (C=O) groups excluding carboxylic acids is 1. The molecule has 25 heavy (non-hydrogen) atoms. The average Bonchev–Trinajstić information content (AvgIpc) is 2.55. The fourth-order valence-electron chi connectivity index (χ4n) is 3.40. The third-order valence-electron chi connectivity index (χ3n) is 5.27. The van der Waals surface area contributed by atoms with Gasteiger partial charge in [-0.1, -0.05) is 38.8 Å². The zero-order valence-corrected chi connectivity index (χ0v) is 15.9. The van der Waals surface area contributed by atoms with Crippen LogP contribution >= 0.6 is 0 Å². The number of carbonyl (C=O) groups is 1. The van der Waals surface area contributed by atoms with Crippen LogP contribution in [0.15, 0.2) is 29.2 Å². The molecule has 1 aromatic rings. The average molecular weight is 369 g/mol. The summed E-state index contributed by atoms with van der Waals surface area (Å²) in [6.07, 6.45) is 4.29. The van der Waals surface area contributed by atoms with Crippen LogP contribution < -0.4 is 15.8 Å². The Morgan fingerprint density at radius 1 is 1.24 bits per heavy atom. The predicted molar refractivity (Wildman–Crippen MR) is 97.3 cm³/mol. The lowest BCUT2D eigenvalue weighted by Crippen LogP contribution is -2.87. The Morgan fingerprint density at radius 2 is 1.92 bits per heavy atom. The summed E-state index contributed by atoms with van der Waals surface area (Å²) in [6.45, 7) is 5.69. The van der Waals surface area contributed by atoms with Crippen molar-refractivity contribution >= 4 is 15.9 Å². The number of primary sulfonamides is 1. The smallest absolute Gasteiger partial charge is 0.275 e. The van der Waals surface area contributed by atoms with Crippen LogP contribution in [0.1, 0.15) is 38.7 Å². The fraction of sp³-hybridized carbons (Fsp3) is 0.611. The van der Waals surface area contributed by atoms with E-state index in [1.807, 2.05) is 5.32 Å². The Morgan fingerprint density at radius 3 is 2.56 bits per heavy atom. The van der Waals surface area contributed by atoms with Crippen LogP contribution in [-0.4, -0.2) is 33.5 Å². The first-order chi connectivity index (χ1) is 11.8. The highest BCUT2D eigenvalue weighted by Gasteiger charge is 2.28. The number of hydrogen-bond donors (Lipinski definition) is 3. The molecule has 1 aromatic carbocycles. The van der Waals surface area contributed by atoms with Crippen molar-refractivity contribution < 1.29 is 18.5 Å². The van der Waals surface area contributed by atoms with Crippen LogP contribution in [0.4, 0.5) is 0 Å². The maximum absolute atomic E-state index is 12.1. The SMILES string of the molecule is C[C@@H]1[C@H](C)CCC[C@H]1NC(=O)C[NH2+]CCc1ccc(S(N)(=O)=O)cc1. The van der Waals surface area contributed by atoms with Gasteiger partial charge in [0.2, 0.25) is 10.0 Å². The lowest BCUT2D eigenvalue weighted by atomic mass is 9.78. The van der Waals surface area contributed by atoms with E-state index < -0.39 is 10.0 Å². The van der Waals surface area contributed by atoms with Crippen LogP contribution in [0, 0.1) is 11.8 Å². The number of benzene rings is 1. The van der Waals surface area contributed by atoms with Crippen LogP contribution in [0.3, 0.4) is 0 Å². The summed E-state index contributed by atoms with van der Waals surface area (Å²) in [5.74, 6) is 1.30. The molecule has 6 nitrogen and oxygen atoms in total. The highest BCUT2D eigenvalue weighted by molar-refractivity contribution is 7.89. The van der Waals surface area contributed by atoms with Gasteiger partial charge in [0.15, 0.2) is 6.54 Å². The van der Waals surface area contributed by atoms with Crippen molar-refractivity contribution in [3.05, 3.63) is 29.8 Å². The zero-order valence-electron chi connectivity index (χ0n) is 15.1.